The molecule has 0 unspecified atom stereocenters. The van der Waals surface area contributed by atoms with E-state index in [9.17, 15) is 9.59 Å². The molecular formula is C17H17NO4. The molecule has 114 valence electrons. The molecule has 0 saturated carbocycles. The average molecular weight is 299 g/mol. The second kappa shape index (κ2) is 7.26. The molecule has 5 nitrogen and oxygen atoms in total. The number of carboxylic acids is 1. The van der Waals surface area contributed by atoms with Crippen molar-refractivity contribution >= 4 is 22.8 Å². The van der Waals surface area contributed by atoms with Crippen molar-refractivity contribution in [3.63, 3.8) is 0 Å². The van der Waals surface area contributed by atoms with Crippen LogP contribution in [0.1, 0.15) is 18.0 Å². The lowest BCUT2D eigenvalue weighted by Gasteiger charge is -2.19. The van der Waals surface area contributed by atoms with Gasteiger partial charge in [-0.1, -0.05) is 55.1 Å². The number of hydrogen-bond donors (Lipinski definition) is 2. The van der Waals surface area contributed by atoms with E-state index in [1.165, 1.54) is 6.08 Å². The molecule has 0 fully saturated rings. The van der Waals surface area contributed by atoms with Crippen LogP contribution in [0.15, 0.2) is 55.1 Å². The fourth-order valence-corrected chi connectivity index (χ4v) is 2.29. The van der Waals surface area contributed by atoms with Crippen LogP contribution >= 0.6 is 0 Å². The third kappa shape index (κ3) is 3.85. The van der Waals surface area contributed by atoms with Crippen molar-refractivity contribution < 1.29 is 19.4 Å². The van der Waals surface area contributed by atoms with Gasteiger partial charge in [0.05, 0.1) is 12.5 Å². The summed E-state index contributed by atoms with van der Waals surface area (Å²) < 4.78 is 4.88. The van der Waals surface area contributed by atoms with Crippen molar-refractivity contribution in [2.75, 3.05) is 6.61 Å². The first kappa shape index (κ1) is 15.6. The van der Waals surface area contributed by atoms with Crippen LogP contribution in [-0.2, 0) is 9.53 Å². The van der Waals surface area contributed by atoms with Crippen LogP contribution in [-0.4, -0.2) is 23.8 Å². The number of carbonyl (C=O) groups is 2. The lowest BCUT2D eigenvalue weighted by atomic mass is 9.97. The molecule has 0 bridgehead atoms. The number of ether oxygens (including phenoxy) is 1. The lowest BCUT2D eigenvalue weighted by Crippen LogP contribution is -2.31. The maximum Gasteiger partial charge on any atom is 0.407 e. The highest BCUT2D eigenvalue weighted by atomic mass is 16.5. The zero-order valence-electron chi connectivity index (χ0n) is 12.0. The van der Waals surface area contributed by atoms with Crippen LogP contribution in [0.25, 0.3) is 10.8 Å². The highest BCUT2D eigenvalue weighted by molar-refractivity contribution is 5.87. The van der Waals surface area contributed by atoms with E-state index in [1.54, 1.807) is 0 Å². The van der Waals surface area contributed by atoms with Gasteiger partial charge in [-0.05, 0) is 16.3 Å². The number of benzene rings is 2. The minimum Gasteiger partial charge on any atom is -0.481 e. The first-order valence-corrected chi connectivity index (χ1v) is 6.85. The van der Waals surface area contributed by atoms with Crippen molar-refractivity contribution in [2.24, 2.45) is 0 Å². The zero-order chi connectivity index (χ0) is 15.9. The lowest BCUT2D eigenvalue weighted by molar-refractivity contribution is -0.137. The molecule has 0 saturated heterocycles. The van der Waals surface area contributed by atoms with Gasteiger partial charge >= 0.3 is 12.1 Å². The molecule has 2 rings (SSSR count). The summed E-state index contributed by atoms with van der Waals surface area (Å²) in [6.45, 7) is 3.53. The van der Waals surface area contributed by atoms with E-state index in [1.807, 2.05) is 42.5 Å². The fourth-order valence-electron chi connectivity index (χ4n) is 2.29. The van der Waals surface area contributed by atoms with E-state index in [0.29, 0.717) is 0 Å². The topological polar surface area (TPSA) is 75.6 Å². The second-order valence-electron chi connectivity index (χ2n) is 4.75. The quantitative estimate of drug-likeness (QED) is 0.803. The predicted octanol–water partition coefficient (Wildman–Crippen LogP) is 3.27. The molecule has 2 aromatic carbocycles. The standard InChI is InChI=1S/C17H17NO4/c1-2-10-22-17(21)18-15(11-16(19)20)14-9-5-7-12-6-3-4-8-13(12)14/h2-9,15H,1,10-11H2,(H,18,21)(H,19,20)/t15-/m1/s1. The van der Waals surface area contributed by atoms with Gasteiger partial charge < -0.3 is 15.2 Å². The highest BCUT2D eigenvalue weighted by Gasteiger charge is 2.20. The maximum atomic E-state index is 11.7. The molecule has 1 amide bonds. The van der Waals surface area contributed by atoms with Gasteiger partial charge in [-0.15, -0.1) is 0 Å². The molecule has 1 atom stereocenters. The van der Waals surface area contributed by atoms with E-state index in [4.69, 9.17) is 9.84 Å². The Hall–Kier alpha value is -2.82. The monoisotopic (exact) mass is 299 g/mol. The Bertz CT molecular complexity index is 691. The SMILES string of the molecule is C=CCOC(=O)N[C@H](CC(=O)O)c1cccc2ccccc12. The zero-order valence-corrected chi connectivity index (χ0v) is 12.0. The minimum absolute atomic E-state index is 0.0706. The van der Waals surface area contributed by atoms with E-state index >= 15 is 0 Å². The number of aliphatic carboxylic acids is 1. The summed E-state index contributed by atoms with van der Waals surface area (Å²) in [5.41, 5.74) is 0.746. The molecule has 0 aliphatic rings. The molecule has 0 radical (unpaired) electrons. The van der Waals surface area contributed by atoms with Crippen LogP contribution in [0.5, 0.6) is 0 Å². The van der Waals surface area contributed by atoms with Gasteiger partial charge in [-0.2, -0.15) is 0 Å². The van der Waals surface area contributed by atoms with Crippen molar-refractivity contribution in [2.45, 2.75) is 12.5 Å². The fraction of sp³-hybridized carbons (Fsp3) is 0.176. The summed E-state index contributed by atoms with van der Waals surface area (Å²) in [7, 11) is 0. The van der Waals surface area contributed by atoms with Gasteiger partial charge in [0.1, 0.15) is 6.61 Å². The summed E-state index contributed by atoms with van der Waals surface area (Å²) in [5, 5.41) is 13.6. The highest BCUT2D eigenvalue weighted by Crippen LogP contribution is 2.26. The number of nitrogens with one attached hydrogen (secondary N) is 1. The Labute approximate surface area is 128 Å². The summed E-state index contributed by atoms with van der Waals surface area (Å²) in [4.78, 5) is 22.8. The van der Waals surface area contributed by atoms with Gasteiger partial charge in [-0.25, -0.2) is 4.79 Å². The Balaban J connectivity index is 2.32. The smallest absolute Gasteiger partial charge is 0.407 e. The third-order valence-corrected chi connectivity index (χ3v) is 3.20. The number of carbonyl (C=O) groups excluding carboxylic acids is 1. The number of rotatable bonds is 6. The van der Waals surface area contributed by atoms with Crippen LogP contribution < -0.4 is 5.32 Å². The first-order chi connectivity index (χ1) is 10.6. The Morgan fingerprint density at radius 3 is 2.68 bits per heavy atom. The first-order valence-electron chi connectivity index (χ1n) is 6.85. The number of fused-ring (bicyclic) bond motifs is 1. The van der Waals surface area contributed by atoms with Gasteiger partial charge in [0.2, 0.25) is 0 Å². The molecule has 0 spiro atoms. The van der Waals surface area contributed by atoms with E-state index in [-0.39, 0.29) is 13.0 Å². The van der Waals surface area contributed by atoms with Crippen LogP contribution in [0.3, 0.4) is 0 Å². The van der Waals surface area contributed by atoms with Crippen LogP contribution in [0.4, 0.5) is 4.79 Å². The molecule has 22 heavy (non-hydrogen) atoms. The van der Waals surface area contributed by atoms with Gasteiger partial charge in [-0.3, -0.25) is 4.79 Å². The molecule has 2 aromatic rings. The molecule has 5 heteroatoms. The van der Waals surface area contributed by atoms with Gasteiger partial charge in [0, 0.05) is 0 Å². The largest absolute Gasteiger partial charge is 0.481 e. The van der Waals surface area contributed by atoms with Gasteiger partial charge in [0.15, 0.2) is 0 Å². The van der Waals surface area contributed by atoms with E-state index in [0.717, 1.165) is 16.3 Å². The molecule has 2 N–H and O–H groups in total. The van der Waals surface area contributed by atoms with Gasteiger partial charge in [0.25, 0.3) is 0 Å². The number of alkyl carbamates (subject to hydrolysis) is 1. The predicted molar refractivity (Wildman–Crippen MR) is 83.6 cm³/mol. The Morgan fingerprint density at radius 2 is 1.95 bits per heavy atom. The molecule has 0 aromatic heterocycles. The summed E-state index contributed by atoms with van der Waals surface area (Å²) in [5.74, 6) is -0.998. The average Bonchev–Trinajstić information content (AvgIpc) is 2.51. The van der Waals surface area contributed by atoms with Crippen molar-refractivity contribution in [3.8, 4) is 0 Å². The Morgan fingerprint density at radius 1 is 1.23 bits per heavy atom. The summed E-state index contributed by atoms with van der Waals surface area (Å²) in [6, 6.07) is 12.5. The maximum absolute atomic E-state index is 11.7. The second-order valence-corrected chi connectivity index (χ2v) is 4.75. The minimum atomic E-state index is -0.998. The molecular weight excluding hydrogens is 282 g/mol. The normalized spacial score (nSPS) is 11.6. The van der Waals surface area contributed by atoms with E-state index in [2.05, 4.69) is 11.9 Å². The van der Waals surface area contributed by atoms with Crippen molar-refractivity contribution in [3.05, 3.63) is 60.7 Å². The van der Waals surface area contributed by atoms with Crippen LogP contribution in [0.2, 0.25) is 0 Å². The van der Waals surface area contributed by atoms with Crippen LogP contribution in [0, 0.1) is 0 Å². The Kier molecular flexibility index (Phi) is 5.14. The third-order valence-electron chi connectivity index (χ3n) is 3.20. The molecule has 0 aliphatic carbocycles. The summed E-state index contributed by atoms with van der Waals surface area (Å²) in [6.07, 6.45) is 0.556. The number of amides is 1. The van der Waals surface area contributed by atoms with Crippen molar-refractivity contribution in [1.82, 2.24) is 5.32 Å². The molecule has 0 heterocycles. The van der Waals surface area contributed by atoms with Crippen molar-refractivity contribution in [1.29, 1.82) is 0 Å². The molecule has 0 aliphatic heterocycles. The van der Waals surface area contributed by atoms with E-state index < -0.39 is 18.1 Å². The summed E-state index contributed by atoms with van der Waals surface area (Å²) >= 11 is 0. The number of hydrogen-bond acceptors (Lipinski definition) is 3. The number of carboxylic acid groups (broad SMARTS) is 1.